The quantitative estimate of drug-likeness (QED) is 0.180. The van der Waals surface area contributed by atoms with Crippen molar-refractivity contribution >= 4 is 79.4 Å². The second-order valence-electron chi connectivity index (χ2n) is 18.6. The van der Waals surface area contributed by atoms with Crippen molar-refractivity contribution < 1.29 is 4.42 Å². The number of nitrogens with one attached hydrogen (secondary N) is 1. The van der Waals surface area contributed by atoms with Crippen molar-refractivity contribution in [2.45, 2.75) is 38.5 Å². The zero-order valence-corrected chi connectivity index (χ0v) is 35.3. The van der Waals surface area contributed by atoms with Crippen LogP contribution in [-0.2, 0) is 10.8 Å². The predicted octanol–water partition coefficient (Wildman–Crippen LogP) is 13.9. The van der Waals surface area contributed by atoms with Crippen molar-refractivity contribution in [3.8, 4) is 33.4 Å². The van der Waals surface area contributed by atoms with Crippen LogP contribution in [0.2, 0.25) is 0 Å². The van der Waals surface area contributed by atoms with E-state index in [0.29, 0.717) is 0 Å². The van der Waals surface area contributed by atoms with Gasteiger partial charge in [0.25, 0.3) is 0 Å². The Morgan fingerprint density at radius 1 is 0.500 bits per heavy atom. The average Bonchev–Trinajstić information content (AvgIpc) is 3.76. The van der Waals surface area contributed by atoms with Crippen molar-refractivity contribution in [2.75, 3.05) is 10.2 Å². The Labute approximate surface area is 362 Å². The molecular weight excluding hydrogens is 751 g/mol. The monoisotopic (exact) mass is 794 g/mol. The van der Waals surface area contributed by atoms with E-state index in [1.807, 2.05) is 0 Å². The molecule has 0 saturated carbocycles. The molecule has 1 aromatic heterocycles. The normalized spacial score (nSPS) is 14.8. The van der Waals surface area contributed by atoms with Crippen molar-refractivity contribution in [3.63, 3.8) is 0 Å². The van der Waals surface area contributed by atoms with Crippen LogP contribution in [0.5, 0.6) is 0 Å². The summed E-state index contributed by atoms with van der Waals surface area (Å²) in [6.45, 7) is 9.61. The first-order valence-corrected chi connectivity index (χ1v) is 21.9. The van der Waals surface area contributed by atoms with Crippen LogP contribution in [0.4, 0.5) is 28.4 Å². The number of furan rings is 1. The smallest absolute Gasteiger partial charge is 0.198 e. The van der Waals surface area contributed by atoms with E-state index in [0.717, 1.165) is 46.2 Å². The predicted molar refractivity (Wildman–Crippen MR) is 263 cm³/mol. The van der Waals surface area contributed by atoms with Gasteiger partial charge in [-0.15, -0.1) is 0 Å². The van der Waals surface area contributed by atoms with Gasteiger partial charge in [-0.3, -0.25) is 0 Å². The summed E-state index contributed by atoms with van der Waals surface area (Å²) in [4.78, 5) is 2.60. The van der Waals surface area contributed by atoms with Crippen molar-refractivity contribution in [1.29, 1.82) is 0 Å². The number of benzene rings is 9. The van der Waals surface area contributed by atoms with E-state index in [1.54, 1.807) is 0 Å². The second kappa shape index (κ2) is 12.6. The first kappa shape index (κ1) is 35.5. The number of hydrogen-bond donors (Lipinski definition) is 1. The molecule has 10 aromatic rings. The Hall–Kier alpha value is -7.30. The van der Waals surface area contributed by atoms with E-state index >= 15 is 0 Å². The Bertz CT molecular complexity index is 3520. The summed E-state index contributed by atoms with van der Waals surface area (Å²) in [7, 11) is 0.817. The van der Waals surface area contributed by atoms with Gasteiger partial charge in [-0.05, 0) is 115 Å². The van der Waals surface area contributed by atoms with Crippen LogP contribution in [0.15, 0.2) is 180 Å². The van der Waals surface area contributed by atoms with Crippen LogP contribution in [0.3, 0.4) is 0 Å². The van der Waals surface area contributed by atoms with Crippen LogP contribution in [0.25, 0.3) is 66.1 Å². The average molecular weight is 795 g/mol. The lowest BCUT2D eigenvalue weighted by Gasteiger charge is -2.46. The molecule has 9 aromatic carbocycles. The van der Waals surface area contributed by atoms with Crippen LogP contribution < -0.4 is 21.1 Å². The van der Waals surface area contributed by atoms with Gasteiger partial charge < -0.3 is 14.6 Å². The molecule has 1 aliphatic carbocycles. The minimum atomic E-state index is -0.268. The summed E-state index contributed by atoms with van der Waals surface area (Å²) < 4.78 is 6.92. The maximum absolute atomic E-state index is 6.92. The summed E-state index contributed by atoms with van der Waals surface area (Å²) in [5, 5.41) is 8.62. The maximum Gasteiger partial charge on any atom is 0.198 e. The third kappa shape index (κ3) is 4.89. The zero-order valence-electron chi connectivity index (χ0n) is 35.3. The molecule has 0 amide bonds. The molecule has 294 valence electrons. The Kier molecular flexibility index (Phi) is 7.22. The Morgan fingerprint density at radius 3 is 1.98 bits per heavy atom. The van der Waals surface area contributed by atoms with Gasteiger partial charge in [0.1, 0.15) is 11.2 Å². The minimum Gasteiger partial charge on any atom is -0.456 e. The highest BCUT2D eigenvalue weighted by atomic mass is 16.3. The van der Waals surface area contributed by atoms with Crippen molar-refractivity contribution in [2.24, 2.45) is 0 Å². The molecule has 3 aliphatic rings. The third-order valence-corrected chi connectivity index (χ3v) is 14.4. The third-order valence-electron chi connectivity index (χ3n) is 14.4. The van der Waals surface area contributed by atoms with Gasteiger partial charge in [-0.2, -0.15) is 0 Å². The summed E-state index contributed by atoms with van der Waals surface area (Å²) in [5.41, 5.74) is 22.9. The molecule has 0 atom stereocenters. The summed E-state index contributed by atoms with van der Waals surface area (Å²) in [5.74, 6) is 0. The standard InChI is InChI=1S/C58H43BN2O/c1-57(2)45-21-12-13-24-49(45)61-50-32-42-39-19-10-11-20-44(39)58(3,4)54(42)53(55(50)59-47-23-14-22-46(57)56(47)61)43-33-52-41(40-29-36-17-8-9-18-37(36)30-51(40)62-52)31-48(43)60-38-27-25-35(26-28-38)34-15-6-5-7-16-34/h5-33,59-60H,1-4H3. The maximum atomic E-state index is 6.92. The van der Waals surface area contributed by atoms with E-state index in [9.17, 15) is 0 Å². The highest BCUT2D eigenvalue weighted by Crippen LogP contribution is 2.58. The lowest BCUT2D eigenvalue weighted by atomic mass is 9.54. The molecule has 0 spiro atoms. The van der Waals surface area contributed by atoms with Gasteiger partial charge in [-0.1, -0.05) is 161 Å². The molecule has 1 N–H and O–H groups in total. The summed E-state index contributed by atoms with van der Waals surface area (Å²) in [6.07, 6.45) is 0. The lowest BCUT2D eigenvalue weighted by molar-refractivity contribution is 0.632. The lowest BCUT2D eigenvalue weighted by Crippen LogP contribution is -2.46. The van der Waals surface area contributed by atoms with E-state index in [1.165, 1.54) is 88.8 Å². The molecule has 13 rings (SSSR count). The van der Waals surface area contributed by atoms with Crippen LogP contribution in [0.1, 0.15) is 49.9 Å². The van der Waals surface area contributed by atoms with E-state index in [4.69, 9.17) is 4.42 Å². The molecule has 3 heterocycles. The van der Waals surface area contributed by atoms with Gasteiger partial charge in [0.05, 0.1) is 5.69 Å². The molecule has 0 fully saturated rings. The molecule has 0 radical (unpaired) electrons. The second-order valence-corrected chi connectivity index (χ2v) is 18.6. The van der Waals surface area contributed by atoms with Gasteiger partial charge in [0, 0.05) is 49.9 Å². The number of hydrogen-bond acceptors (Lipinski definition) is 3. The molecule has 4 heteroatoms. The molecule has 0 bridgehead atoms. The van der Waals surface area contributed by atoms with Crippen LogP contribution in [0, 0.1) is 0 Å². The highest BCUT2D eigenvalue weighted by Gasteiger charge is 2.45. The number of fused-ring (bicyclic) bond motifs is 11. The van der Waals surface area contributed by atoms with Crippen molar-refractivity contribution in [1.82, 2.24) is 0 Å². The van der Waals surface area contributed by atoms with Gasteiger partial charge in [0.2, 0.25) is 0 Å². The fourth-order valence-corrected chi connectivity index (χ4v) is 11.4. The molecule has 0 saturated heterocycles. The SMILES string of the molecule is CC1(C)c2ccccc2N2c3cc4c(c(-c5cc6oc7cc8ccccc8cc7c6cc5Nc5ccc(-c6ccccc6)cc5)c3Bc3cccc1c32)C(C)(C)c1ccccc1-4. The Balaban J connectivity index is 1.12. The number of nitrogens with zero attached hydrogens (tertiary/aromatic N) is 1. The number of para-hydroxylation sites is 2. The van der Waals surface area contributed by atoms with E-state index in [-0.39, 0.29) is 10.8 Å². The first-order chi connectivity index (χ1) is 30.2. The van der Waals surface area contributed by atoms with Gasteiger partial charge in [-0.25, -0.2) is 0 Å². The molecule has 62 heavy (non-hydrogen) atoms. The number of anilines is 5. The molecule has 3 nitrogen and oxygen atoms in total. The highest BCUT2D eigenvalue weighted by molar-refractivity contribution is 6.73. The fraction of sp³-hybridized carbons (Fsp3) is 0.103. The Morgan fingerprint density at radius 2 is 1.16 bits per heavy atom. The largest absolute Gasteiger partial charge is 0.456 e. The fourth-order valence-electron chi connectivity index (χ4n) is 11.4. The van der Waals surface area contributed by atoms with Crippen LogP contribution >= 0.6 is 0 Å². The van der Waals surface area contributed by atoms with Crippen molar-refractivity contribution in [3.05, 3.63) is 198 Å². The van der Waals surface area contributed by atoms with E-state index < -0.39 is 0 Å². The summed E-state index contributed by atoms with van der Waals surface area (Å²) in [6, 6.07) is 64.9. The molecule has 2 aliphatic heterocycles. The summed E-state index contributed by atoms with van der Waals surface area (Å²) >= 11 is 0. The zero-order chi connectivity index (χ0) is 41.5. The topological polar surface area (TPSA) is 28.4 Å². The van der Waals surface area contributed by atoms with Gasteiger partial charge in [0.15, 0.2) is 7.28 Å². The minimum absolute atomic E-state index is 0.144. The van der Waals surface area contributed by atoms with Gasteiger partial charge >= 0.3 is 0 Å². The molecular formula is C58H43BN2O. The van der Waals surface area contributed by atoms with E-state index in [2.05, 4.69) is 214 Å². The van der Waals surface area contributed by atoms with Crippen LogP contribution in [-0.4, -0.2) is 7.28 Å². The number of rotatable bonds is 4. The first-order valence-electron chi connectivity index (χ1n) is 21.9. The molecule has 0 unspecified atom stereocenters.